The summed E-state index contributed by atoms with van der Waals surface area (Å²) >= 11 is 0. The van der Waals surface area contributed by atoms with Gasteiger partial charge in [-0.15, -0.1) is 5.92 Å². The highest BCUT2D eigenvalue weighted by Gasteiger charge is 2.79. The molecule has 1 aromatic rings. The highest BCUT2D eigenvalue weighted by molar-refractivity contribution is 5.70. The van der Waals surface area contributed by atoms with Crippen LogP contribution in [0.4, 0.5) is 5.69 Å². The topological polar surface area (TPSA) is 15.8 Å². The second-order valence-electron chi connectivity index (χ2n) is 7.47. The zero-order valence-corrected chi connectivity index (χ0v) is 15.4. The van der Waals surface area contributed by atoms with Crippen LogP contribution in [-0.2, 0) is 10.3 Å². The van der Waals surface area contributed by atoms with Gasteiger partial charge in [0.15, 0.2) is 0 Å². The van der Waals surface area contributed by atoms with Crippen LogP contribution in [0.1, 0.15) is 37.3 Å². The number of nitrogens with zero attached hydrogens (tertiary/aromatic N) is 1. The molecular formula is C23H25NO. The Morgan fingerprint density at radius 2 is 2.24 bits per heavy atom. The summed E-state index contributed by atoms with van der Waals surface area (Å²) in [6.07, 6.45) is 7.13. The number of likely N-dealkylation sites (N-methyl/N-ethyl adjacent to an activating group) is 1. The molecule has 0 radical (unpaired) electrons. The zero-order valence-electron chi connectivity index (χ0n) is 15.4. The first-order valence-corrected chi connectivity index (χ1v) is 8.98. The van der Waals surface area contributed by atoms with Crippen LogP contribution in [0.2, 0.25) is 0 Å². The van der Waals surface area contributed by atoms with Crippen molar-refractivity contribution in [2.45, 2.75) is 50.4 Å². The van der Waals surface area contributed by atoms with Gasteiger partial charge in [0.25, 0.3) is 0 Å². The van der Waals surface area contributed by atoms with Gasteiger partial charge in [-0.2, -0.15) is 0 Å². The van der Waals surface area contributed by atoms with E-state index in [9.17, 15) is 0 Å². The molecule has 25 heavy (non-hydrogen) atoms. The van der Waals surface area contributed by atoms with Crippen LogP contribution >= 0.6 is 0 Å². The lowest BCUT2D eigenvalue weighted by atomic mass is 9.65. The second kappa shape index (κ2) is 5.38. The molecule has 4 rings (SSSR count). The van der Waals surface area contributed by atoms with Gasteiger partial charge in [-0.05, 0) is 62.5 Å². The largest absolute Gasteiger partial charge is 0.364 e. The molecule has 0 unspecified atom stereocenters. The van der Waals surface area contributed by atoms with E-state index < -0.39 is 0 Å². The molecule has 1 saturated heterocycles. The SMILES string of the molecule is C=C(/C=C\C#CC)[C@@H]1N(C)c2ccc(C)cc2[C@@]23O[C@@]12CCCC3=C. The minimum atomic E-state index is -0.336. The van der Waals surface area contributed by atoms with Crippen LogP contribution < -0.4 is 4.90 Å². The lowest BCUT2D eigenvalue weighted by Crippen LogP contribution is -2.53. The van der Waals surface area contributed by atoms with Gasteiger partial charge in [0, 0.05) is 18.3 Å². The molecule has 2 heterocycles. The summed E-state index contributed by atoms with van der Waals surface area (Å²) in [4.78, 5) is 2.34. The van der Waals surface area contributed by atoms with E-state index in [0.29, 0.717) is 0 Å². The molecule has 0 bridgehead atoms. The van der Waals surface area contributed by atoms with Crippen molar-refractivity contribution >= 4 is 5.69 Å². The number of ether oxygens (including phenoxy) is 1. The van der Waals surface area contributed by atoms with Crippen LogP contribution in [0, 0.1) is 18.8 Å². The molecule has 0 spiro atoms. The van der Waals surface area contributed by atoms with Crippen molar-refractivity contribution < 1.29 is 4.74 Å². The Morgan fingerprint density at radius 1 is 1.44 bits per heavy atom. The Hall–Kier alpha value is -2.24. The van der Waals surface area contributed by atoms with E-state index in [1.54, 1.807) is 0 Å². The van der Waals surface area contributed by atoms with E-state index in [2.05, 4.69) is 62.1 Å². The third-order valence-electron chi connectivity index (χ3n) is 6.03. The van der Waals surface area contributed by atoms with E-state index in [1.807, 2.05) is 19.1 Å². The number of hydrogen-bond donors (Lipinski definition) is 0. The third kappa shape index (κ3) is 1.96. The summed E-state index contributed by atoms with van der Waals surface area (Å²) in [5.74, 6) is 5.90. The number of benzene rings is 1. The predicted molar refractivity (Wildman–Crippen MR) is 104 cm³/mol. The quantitative estimate of drug-likeness (QED) is 0.339. The maximum atomic E-state index is 6.65. The molecule has 2 nitrogen and oxygen atoms in total. The number of rotatable bonds is 2. The fourth-order valence-corrected chi connectivity index (χ4v) is 5.01. The highest BCUT2D eigenvalue weighted by Crippen LogP contribution is 2.72. The van der Waals surface area contributed by atoms with Crippen molar-refractivity contribution in [3.05, 3.63) is 65.8 Å². The first-order valence-electron chi connectivity index (χ1n) is 8.98. The van der Waals surface area contributed by atoms with Crippen LogP contribution in [0.25, 0.3) is 0 Å². The van der Waals surface area contributed by atoms with Crippen LogP contribution in [0.15, 0.2) is 54.7 Å². The molecule has 1 aliphatic carbocycles. The minimum absolute atomic E-state index is 0.106. The number of anilines is 1. The number of fused-ring (bicyclic) bond motifs is 1. The Morgan fingerprint density at radius 3 is 3.00 bits per heavy atom. The van der Waals surface area contributed by atoms with Crippen LogP contribution in [-0.4, -0.2) is 18.7 Å². The van der Waals surface area contributed by atoms with Crippen molar-refractivity contribution in [2.75, 3.05) is 11.9 Å². The van der Waals surface area contributed by atoms with Crippen molar-refractivity contribution in [3.8, 4) is 11.8 Å². The first-order chi connectivity index (χ1) is 12.0. The summed E-state index contributed by atoms with van der Waals surface area (Å²) in [5, 5.41) is 0. The molecule has 0 aromatic heterocycles. The molecule has 2 fully saturated rings. The summed E-state index contributed by atoms with van der Waals surface area (Å²) < 4.78 is 6.65. The Labute approximate surface area is 150 Å². The summed E-state index contributed by atoms with van der Waals surface area (Å²) in [6.45, 7) is 12.8. The first kappa shape index (κ1) is 16.2. The van der Waals surface area contributed by atoms with E-state index in [-0.39, 0.29) is 17.2 Å². The summed E-state index contributed by atoms with van der Waals surface area (Å²) in [7, 11) is 2.15. The van der Waals surface area contributed by atoms with Crippen molar-refractivity contribution in [1.29, 1.82) is 0 Å². The molecule has 3 atom stereocenters. The van der Waals surface area contributed by atoms with Crippen molar-refractivity contribution in [1.82, 2.24) is 0 Å². The standard InChI is InChI=1S/C23H25NO/c1-6-7-8-10-17(3)21-22-14-9-11-18(4)23(22,25-22)19-15-16(2)12-13-20(19)24(21)5/h8,10,12-13,15,21H,3-4,9,11,14H2,1-2,5H3/b10-8-/t21-,22-,23+/m0/s1. The number of allylic oxidation sites excluding steroid dienone is 1. The molecule has 128 valence electrons. The molecule has 0 amide bonds. The van der Waals surface area contributed by atoms with Gasteiger partial charge in [-0.1, -0.05) is 36.8 Å². The van der Waals surface area contributed by atoms with Crippen LogP contribution in [0.5, 0.6) is 0 Å². The van der Waals surface area contributed by atoms with E-state index in [0.717, 1.165) is 24.8 Å². The molecular weight excluding hydrogens is 306 g/mol. The molecule has 1 aromatic carbocycles. The van der Waals surface area contributed by atoms with Gasteiger partial charge < -0.3 is 9.64 Å². The normalized spacial score (nSPS) is 32.4. The highest BCUT2D eigenvalue weighted by atomic mass is 16.6. The molecule has 2 heteroatoms. The number of hydrogen-bond acceptors (Lipinski definition) is 2. The third-order valence-corrected chi connectivity index (χ3v) is 6.03. The fourth-order valence-electron chi connectivity index (χ4n) is 5.01. The smallest absolute Gasteiger partial charge is 0.148 e. The Balaban J connectivity index is 1.88. The second-order valence-corrected chi connectivity index (χ2v) is 7.47. The lowest BCUT2D eigenvalue weighted by molar-refractivity contribution is 0.256. The lowest BCUT2D eigenvalue weighted by Gasteiger charge is -2.45. The molecule has 1 saturated carbocycles. The molecule has 0 N–H and O–H groups in total. The maximum Gasteiger partial charge on any atom is 0.148 e. The Kier molecular flexibility index (Phi) is 3.49. The number of aryl methyl sites for hydroxylation is 1. The van der Waals surface area contributed by atoms with Crippen molar-refractivity contribution in [2.24, 2.45) is 0 Å². The van der Waals surface area contributed by atoms with Gasteiger partial charge >= 0.3 is 0 Å². The predicted octanol–water partition coefficient (Wildman–Crippen LogP) is 4.65. The van der Waals surface area contributed by atoms with Gasteiger partial charge in [-0.25, -0.2) is 0 Å². The minimum Gasteiger partial charge on any atom is -0.364 e. The molecule has 3 aliphatic rings. The number of epoxide rings is 1. The van der Waals surface area contributed by atoms with Gasteiger partial charge in [0.1, 0.15) is 11.2 Å². The fraction of sp³-hybridized carbons (Fsp3) is 0.391. The monoisotopic (exact) mass is 331 g/mol. The van der Waals surface area contributed by atoms with Gasteiger partial charge in [0.2, 0.25) is 0 Å². The van der Waals surface area contributed by atoms with Gasteiger partial charge in [0.05, 0.1) is 6.04 Å². The zero-order chi connectivity index (χ0) is 17.8. The van der Waals surface area contributed by atoms with Crippen molar-refractivity contribution in [3.63, 3.8) is 0 Å². The summed E-state index contributed by atoms with van der Waals surface area (Å²) in [5.41, 5.74) is 5.46. The average Bonchev–Trinajstić information content (AvgIpc) is 3.28. The average molecular weight is 331 g/mol. The summed E-state index contributed by atoms with van der Waals surface area (Å²) in [6, 6.07) is 6.77. The van der Waals surface area contributed by atoms with E-state index in [1.165, 1.54) is 22.4 Å². The van der Waals surface area contributed by atoms with E-state index >= 15 is 0 Å². The van der Waals surface area contributed by atoms with Gasteiger partial charge in [-0.3, -0.25) is 0 Å². The Bertz CT molecular complexity index is 868. The maximum absolute atomic E-state index is 6.65. The molecule has 2 aliphatic heterocycles. The van der Waals surface area contributed by atoms with E-state index in [4.69, 9.17) is 4.74 Å². The van der Waals surface area contributed by atoms with Crippen LogP contribution in [0.3, 0.4) is 0 Å².